The largest absolute Gasteiger partial charge is 0.294 e. The van der Waals surface area contributed by atoms with E-state index in [0.29, 0.717) is 0 Å². The molecule has 1 aromatic heterocycles. The van der Waals surface area contributed by atoms with Crippen LogP contribution < -0.4 is 0 Å². The molecule has 1 aliphatic carbocycles. The van der Waals surface area contributed by atoms with E-state index in [2.05, 4.69) is 239 Å². The van der Waals surface area contributed by atoms with Crippen LogP contribution in [0, 0.1) is 20.8 Å². The van der Waals surface area contributed by atoms with Gasteiger partial charge in [0.15, 0.2) is 0 Å². The summed E-state index contributed by atoms with van der Waals surface area (Å²) < 4.78 is 2.29. The molecule has 0 spiro atoms. The number of aryl methyl sites for hydroxylation is 4. The highest BCUT2D eigenvalue weighted by Crippen LogP contribution is 2.43. The summed E-state index contributed by atoms with van der Waals surface area (Å²) >= 11 is 0. The molecule has 356 valence electrons. The van der Waals surface area contributed by atoms with Crippen LogP contribution in [0.1, 0.15) is 96.8 Å². The molecule has 0 saturated heterocycles. The molecule has 0 amide bonds. The second kappa shape index (κ2) is 21.3. The minimum Gasteiger partial charge on any atom is -0.294 e. The average molecular weight is 937 g/mol. The summed E-state index contributed by atoms with van der Waals surface area (Å²) in [6, 6.07) is 60.8. The van der Waals surface area contributed by atoms with Crippen LogP contribution in [0.5, 0.6) is 0 Å². The summed E-state index contributed by atoms with van der Waals surface area (Å²) in [6.45, 7) is 26.6. The molecule has 0 saturated carbocycles. The number of fused-ring (bicyclic) bond motifs is 1. The smallest absolute Gasteiger partial charge is 0.146 e. The van der Waals surface area contributed by atoms with Gasteiger partial charge in [-0.15, -0.1) is 0 Å². The molecular formula is C68H64N4. The fourth-order valence-electron chi connectivity index (χ4n) is 9.58. The number of amidine groups is 1. The highest BCUT2D eigenvalue weighted by molar-refractivity contribution is 6.15. The number of allylic oxidation sites excluding steroid dienone is 7. The molecule has 7 aromatic carbocycles. The Hall–Kier alpha value is -8.34. The van der Waals surface area contributed by atoms with E-state index < -0.39 is 0 Å². The van der Waals surface area contributed by atoms with E-state index >= 15 is 0 Å². The predicted molar refractivity (Wildman–Crippen MR) is 309 cm³/mol. The third-order valence-corrected chi connectivity index (χ3v) is 13.8. The second-order valence-corrected chi connectivity index (χ2v) is 18.6. The molecule has 72 heavy (non-hydrogen) atoms. The molecule has 0 fully saturated rings. The predicted octanol–water partition coefficient (Wildman–Crippen LogP) is 18.2. The summed E-state index contributed by atoms with van der Waals surface area (Å²) in [7, 11) is 0. The Morgan fingerprint density at radius 3 is 1.78 bits per heavy atom. The van der Waals surface area contributed by atoms with Gasteiger partial charge in [0, 0.05) is 33.6 Å². The fourth-order valence-corrected chi connectivity index (χ4v) is 9.58. The first-order chi connectivity index (χ1) is 35.1. The third kappa shape index (κ3) is 9.74. The number of imidazole rings is 1. The number of para-hydroxylation sites is 1. The topological polar surface area (TPSA) is 33.4 Å². The van der Waals surface area contributed by atoms with Crippen LogP contribution in [-0.4, -0.2) is 20.3 Å². The van der Waals surface area contributed by atoms with Gasteiger partial charge in [-0.05, 0) is 104 Å². The zero-order chi connectivity index (χ0) is 50.5. The lowest BCUT2D eigenvalue weighted by Gasteiger charge is -2.36. The fraction of sp³-hybridized carbons (Fsp3) is 0.147. The molecule has 0 unspecified atom stereocenters. The van der Waals surface area contributed by atoms with Gasteiger partial charge < -0.3 is 0 Å². The molecule has 0 atom stereocenters. The summed E-state index contributed by atoms with van der Waals surface area (Å²) in [4.78, 5) is 13.2. The van der Waals surface area contributed by atoms with Crippen molar-refractivity contribution >= 4 is 39.8 Å². The summed E-state index contributed by atoms with van der Waals surface area (Å²) in [6.07, 6.45) is 10.8. The number of hydrogen-bond acceptors (Lipinski definition) is 3. The van der Waals surface area contributed by atoms with E-state index in [0.717, 1.165) is 125 Å². The first-order valence-corrected chi connectivity index (χ1v) is 25.3. The zero-order valence-electron chi connectivity index (χ0n) is 43.1. The lowest BCUT2D eigenvalue weighted by atomic mass is 9.95. The average Bonchev–Trinajstić information content (AvgIpc) is 3.68. The van der Waals surface area contributed by atoms with Gasteiger partial charge in [-0.2, -0.15) is 0 Å². The number of aliphatic imine (C=N–C) groups is 1. The highest BCUT2D eigenvalue weighted by atomic mass is 15.2. The molecule has 0 radical (unpaired) electrons. The quantitative estimate of drug-likeness (QED) is 0.121. The number of hydrogen-bond donors (Lipinski definition) is 0. The lowest BCUT2D eigenvalue weighted by molar-refractivity contribution is 0.813. The van der Waals surface area contributed by atoms with Gasteiger partial charge in [-0.25, -0.2) is 9.98 Å². The summed E-state index contributed by atoms with van der Waals surface area (Å²) in [5.74, 6) is 1.70. The van der Waals surface area contributed by atoms with Crippen LogP contribution >= 0.6 is 0 Å². The van der Waals surface area contributed by atoms with Crippen LogP contribution in [-0.2, 0) is 6.42 Å². The Morgan fingerprint density at radius 1 is 0.583 bits per heavy atom. The maximum atomic E-state index is 5.52. The summed E-state index contributed by atoms with van der Waals surface area (Å²) in [5, 5.41) is 0. The van der Waals surface area contributed by atoms with Gasteiger partial charge in [-0.1, -0.05) is 239 Å². The van der Waals surface area contributed by atoms with E-state index in [-0.39, 0.29) is 0 Å². The Balaban J connectivity index is 0.00000316. The van der Waals surface area contributed by atoms with E-state index in [4.69, 9.17) is 23.1 Å². The van der Waals surface area contributed by atoms with Crippen LogP contribution in [0.25, 0.3) is 62.0 Å². The van der Waals surface area contributed by atoms with E-state index in [1.54, 1.807) is 0 Å². The first kappa shape index (κ1) is 48.7. The standard InChI is InChI=1S/C66H58N4.C2H6/c1-9-50-26-33-55(34-27-50)62-64(56-17-14-15-43(2)23-30-56)69(66(68-62)59-18-11-10-16-46(59)5)48(7)52-35-37-53(38-36-52)54-39-41-58(42-40-54)65-67-61-20-13-12-19-60(61)49(8)70(65)63(57-31-24-45(4)25-32-57)47(6)51-28-21-44(3)22-29-51;1-2/h10-13,15-42H,7-9,14H2,1-6H3;1-2H3/b63-47+;. The van der Waals surface area contributed by atoms with Crippen molar-refractivity contribution in [2.45, 2.75) is 68.2 Å². The van der Waals surface area contributed by atoms with Gasteiger partial charge >= 0.3 is 0 Å². The third-order valence-electron chi connectivity index (χ3n) is 13.8. The van der Waals surface area contributed by atoms with Crippen LogP contribution in [0.15, 0.2) is 218 Å². The van der Waals surface area contributed by atoms with E-state index in [9.17, 15) is 0 Å². The van der Waals surface area contributed by atoms with Crippen LogP contribution in [0.4, 0.5) is 5.69 Å². The number of rotatable bonds is 11. The zero-order valence-corrected chi connectivity index (χ0v) is 43.1. The molecule has 2 aliphatic rings. The van der Waals surface area contributed by atoms with Gasteiger partial charge in [0.2, 0.25) is 0 Å². The second-order valence-electron chi connectivity index (χ2n) is 18.6. The Bertz CT molecular complexity index is 3460. The maximum absolute atomic E-state index is 5.52. The molecule has 10 rings (SSSR count). The van der Waals surface area contributed by atoms with E-state index in [1.807, 2.05) is 19.9 Å². The van der Waals surface area contributed by atoms with Gasteiger partial charge in [-0.3, -0.25) is 9.47 Å². The molecule has 4 heteroatoms. The van der Waals surface area contributed by atoms with Gasteiger partial charge in [0.05, 0.1) is 22.8 Å². The maximum Gasteiger partial charge on any atom is 0.146 e. The lowest BCUT2D eigenvalue weighted by Crippen LogP contribution is -2.31. The minimum absolute atomic E-state index is 0.828. The molecule has 0 N–H and O–H groups in total. The van der Waals surface area contributed by atoms with Crippen molar-refractivity contribution in [2.75, 3.05) is 0 Å². The monoisotopic (exact) mass is 937 g/mol. The molecular weight excluding hydrogens is 873 g/mol. The molecule has 4 nitrogen and oxygen atoms in total. The van der Waals surface area contributed by atoms with Gasteiger partial charge in [0.25, 0.3) is 0 Å². The SMILES string of the molecule is C=C1c2ccccc2N=C(c2ccc(-c3ccc(C(=C)n4c(-c5ccccc5C)nc(-c5ccc(CC)cc5)c4C4=CCC=C(C)C=C4)cc3)cc2)N1/C(=C(\C)c1ccc(C)cc1)c1ccc(C)cc1.CC. The van der Waals surface area contributed by atoms with Crippen molar-refractivity contribution in [3.63, 3.8) is 0 Å². The van der Waals surface area contributed by atoms with Crippen molar-refractivity contribution < 1.29 is 0 Å². The molecule has 2 heterocycles. The normalized spacial score (nSPS) is 13.5. The minimum atomic E-state index is 0.828. The molecule has 8 aromatic rings. The summed E-state index contributed by atoms with van der Waals surface area (Å²) in [5.41, 5.74) is 23.7. The Labute approximate surface area is 427 Å². The molecule has 0 bridgehead atoms. The van der Waals surface area contributed by atoms with Crippen molar-refractivity contribution in [1.82, 2.24) is 14.5 Å². The Morgan fingerprint density at radius 2 is 1.14 bits per heavy atom. The van der Waals surface area contributed by atoms with Gasteiger partial charge in [0.1, 0.15) is 11.7 Å². The molecule has 1 aliphatic heterocycles. The number of benzene rings is 7. The van der Waals surface area contributed by atoms with Crippen LogP contribution in [0.3, 0.4) is 0 Å². The van der Waals surface area contributed by atoms with Crippen molar-refractivity contribution in [3.8, 4) is 33.8 Å². The van der Waals surface area contributed by atoms with Crippen molar-refractivity contribution in [1.29, 1.82) is 0 Å². The van der Waals surface area contributed by atoms with Crippen LogP contribution in [0.2, 0.25) is 0 Å². The number of nitrogens with zero attached hydrogens (tertiary/aromatic N) is 4. The first-order valence-electron chi connectivity index (χ1n) is 25.3. The Kier molecular flexibility index (Phi) is 14.4. The highest BCUT2D eigenvalue weighted by Gasteiger charge is 2.30. The van der Waals surface area contributed by atoms with E-state index in [1.165, 1.54) is 22.3 Å². The number of aromatic nitrogens is 2. The van der Waals surface area contributed by atoms with Crippen molar-refractivity contribution in [2.24, 2.45) is 4.99 Å². The van der Waals surface area contributed by atoms with Crippen molar-refractivity contribution in [3.05, 3.63) is 269 Å².